The molecule has 3 amide bonds. The molecular weight excluding hydrogens is 350 g/mol. The molecule has 0 bridgehead atoms. The molecule has 0 unspecified atom stereocenters. The van der Waals surface area contributed by atoms with Crippen LogP contribution in [-0.4, -0.2) is 66.0 Å². The second-order valence-corrected chi connectivity index (χ2v) is 7.21. The van der Waals surface area contributed by atoms with Crippen molar-refractivity contribution in [3.63, 3.8) is 0 Å². The van der Waals surface area contributed by atoms with Crippen LogP contribution in [0.4, 0.5) is 4.79 Å². The largest absolute Gasteiger partial charge is 0.459 e. The quantitative estimate of drug-likeness (QED) is 0.817. The summed E-state index contributed by atoms with van der Waals surface area (Å²) < 4.78 is 10.3. The van der Waals surface area contributed by atoms with E-state index in [2.05, 4.69) is 19.2 Å². The van der Waals surface area contributed by atoms with E-state index in [-0.39, 0.29) is 36.4 Å². The average molecular weight is 377 g/mol. The Balaban J connectivity index is 1.48. The smallest absolute Gasteiger partial charge is 0.410 e. The van der Waals surface area contributed by atoms with E-state index in [1.807, 2.05) is 4.90 Å². The normalized spacial score (nSPS) is 21.9. The zero-order valence-electron chi connectivity index (χ0n) is 15.8. The second-order valence-electron chi connectivity index (χ2n) is 7.21. The lowest BCUT2D eigenvalue weighted by Gasteiger charge is -2.39. The molecule has 2 atom stereocenters. The molecule has 2 aliphatic rings. The minimum absolute atomic E-state index is 0.0640. The first-order valence-electron chi connectivity index (χ1n) is 9.55. The van der Waals surface area contributed by atoms with Crippen LogP contribution < -0.4 is 5.32 Å². The van der Waals surface area contributed by atoms with Crippen LogP contribution in [0.15, 0.2) is 22.8 Å². The summed E-state index contributed by atoms with van der Waals surface area (Å²) >= 11 is 0. The van der Waals surface area contributed by atoms with Crippen molar-refractivity contribution in [2.45, 2.75) is 45.2 Å². The van der Waals surface area contributed by atoms with Gasteiger partial charge in [-0.2, -0.15) is 0 Å². The third kappa shape index (κ3) is 4.26. The third-order valence-corrected chi connectivity index (χ3v) is 5.60. The van der Waals surface area contributed by atoms with E-state index >= 15 is 0 Å². The minimum Gasteiger partial charge on any atom is -0.459 e. The first-order valence-corrected chi connectivity index (χ1v) is 9.55. The van der Waals surface area contributed by atoms with E-state index < -0.39 is 5.91 Å². The molecule has 0 radical (unpaired) electrons. The predicted molar refractivity (Wildman–Crippen MR) is 97.1 cm³/mol. The summed E-state index contributed by atoms with van der Waals surface area (Å²) in [7, 11) is 0. The minimum atomic E-state index is -0.403. The Labute approximate surface area is 158 Å². The summed E-state index contributed by atoms with van der Waals surface area (Å²) in [4.78, 5) is 40.0. The number of piperidine rings is 1. The van der Waals surface area contributed by atoms with Crippen LogP contribution in [0.2, 0.25) is 0 Å². The van der Waals surface area contributed by atoms with Gasteiger partial charge in [-0.15, -0.1) is 0 Å². The number of furan rings is 1. The Morgan fingerprint density at radius 1 is 1.33 bits per heavy atom. The van der Waals surface area contributed by atoms with Gasteiger partial charge in [0.25, 0.3) is 5.91 Å². The number of cyclic esters (lactones) is 1. The summed E-state index contributed by atoms with van der Waals surface area (Å²) in [6.45, 7) is 5.77. The number of nitrogens with zero attached hydrogens (tertiary/aromatic N) is 2. The highest BCUT2D eigenvalue weighted by atomic mass is 16.6. The number of likely N-dealkylation sites (tertiary alicyclic amines) is 1. The molecule has 27 heavy (non-hydrogen) atoms. The molecule has 2 aliphatic heterocycles. The molecule has 3 rings (SSSR count). The number of nitrogens with one attached hydrogen (secondary N) is 1. The average Bonchev–Trinajstić information content (AvgIpc) is 3.35. The summed E-state index contributed by atoms with van der Waals surface area (Å²) in [6.07, 6.45) is 3.61. The van der Waals surface area contributed by atoms with Gasteiger partial charge in [0.05, 0.1) is 18.8 Å². The topological polar surface area (TPSA) is 92.1 Å². The lowest BCUT2D eigenvalue weighted by molar-refractivity contribution is -0.131. The Kier molecular flexibility index (Phi) is 6.03. The van der Waals surface area contributed by atoms with E-state index in [9.17, 15) is 14.4 Å². The maximum absolute atomic E-state index is 12.4. The van der Waals surface area contributed by atoms with E-state index in [4.69, 9.17) is 9.15 Å². The van der Waals surface area contributed by atoms with Gasteiger partial charge in [0, 0.05) is 19.1 Å². The predicted octanol–water partition coefficient (Wildman–Crippen LogP) is 1.87. The van der Waals surface area contributed by atoms with E-state index in [0.717, 1.165) is 19.3 Å². The lowest BCUT2D eigenvalue weighted by Crippen LogP contribution is -2.52. The number of rotatable bonds is 6. The Bertz CT molecular complexity index is 667. The number of hydrogen-bond donors (Lipinski definition) is 1. The fraction of sp³-hybridized carbons (Fsp3) is 0.632. The first kappa shape index (κ1) is 19.3. The molecule has 0 saturated carbocycles. The molecule has 0 aliphatic carbocycles. The van der Waals surface area contributed by atoms with Gasteiger partial charge in [0.15, 0.2) is 5.76 Å². The van der Waals surface area contributed by atoms with Crippen LogP contribution in [0.5, 0.6) is 0 Å². The van der Waals surface area contributed by atoms with Gasteiger partial charge in [-0.25, -0.2) is 4.79 Å². The molecule has 2 saturated heterocycles. The molecular formula is C19H27N3O5. The first-order chi connectivity index (χ1) is 13.0. The molecule has 8 nitrogen and oxygen atoms in total. The fourth-order valence-corrected chi connectivity index (χ4v) is 3.73. The fourth-order valence-electron chi connectivity index (χ4n) is 3.73. The van der Waals surface area contributed by atoms with Gasteiger partial charge in [-0.1, -0.05) is 20.3 Å². The van der Waals surface area contributed by atoms with Crippen molar-refractivity contribution in [3.8, 4) is 0 Å². The highest BCUT2D eigenvalue weighted by Gasteiger charge is 2.41. The van der Waals surface area contributed by atoms with Crippen LogP contribution in [0.3, 0.4) is 0 Å². The summed E-state index contributed by atoms with van der Waals surface area (Å²) in [6, 6.07) is 3.38. The Morgan fingerprint density at radius 3 is 2.70 bits per heavy atom. The molecule has 148 valence electrons. The number of carbonyl (C=O) groups excluding carboxylic acids is 3. The monoisotopic (exact) mass is 377 g/mol. The van der Waals surface area contributed by atoms with Crippen molar-refractivity contribution in [1.82, 2.24) is 15.1 Å². The molecule has 3 heterocycles. The van der Waals surface area contributed by atoms with Gasteiger partial charge in [0.1, 0.15) is 6.61 Å². The van der Waals surface area contributed by atoms with Crippen molar-refractivity contribution in [2.75, 3.05) is 26.2 Å². The van der Waals surface area contributed by atoms with E-state index in [0.29, 0.717) is 25.6 Å². The van der Waals surface area contributed by atoms with Gasteiger partial charge >= 0.3 is 6.09 Å². The van der Waals surface area contributed by atoms with Crippen molar-refractivity contribution in [1.29, 1.82) is 0 Å². The maximum atomic E-state index is 12.4. The molecule has 0 spiro atoms. The number of ether oxygens (including phenoxy) is 1. The van der Waals surface area contributed by atoms with Crippen molar-refractivity contribution in [2.24, 2.45) is 5.92 Å². The van der Waals surface area contributed by atoms with E-state index in [1.165, 1.54) is 6.26 Å². The zero-order valence-corrected chi connectivity index (χ0v) is 15.8. The standard InChI is InChI=1S/C19H27N3O5/c1-3-13(2)15-12-27-19(25)22(15)14-6-8-21(9-7-14)17(23)11-20-18(24)16-5-4-10-26-16/h4-5,10,13-15H,3,6-9,11-12H2,1-2H3,(H,20,24)/t13-,15+/m0/s1. The highest BCUT2D eigenvalue weighted by Crippen LogP contribution is 2.28. The summed E-state index contributed by atoms with van der Waals surface area (Å²) in [5.41, 5.74) is 0. The second kappa shape index (κ2) is 8.45. The molecule has 0 aromatic carbocycles. The third-order valence-electron chi connectivity index (χ3n) is 5.60. The zero-order chi connectivity index (χ0) is 19.4. The molecule has 1 aromatic heterocycles. The molecule has 8 heteroatoms. The number of carbonyl (C=O) groups is 3. The summed E-state index contributed by atoms with van der Waals surface area (Å²) in [5, 5.41) is 2.58. The Hall–Kier alpha value is -2.51. The van der Waals surface area contributed by atoms with Crippen LogP contribution in [-0.2, 0) is 9.53 Å². The number of amides is 3. The van der Waals surface area contributed by atoms with E-state index in [1.54, 1.807) is 17.0 Å². The molecule has 2 fully saturated rings. The van der Waals surface area contributed by atoms with Gasteiger partial charge in [-0.3, -0.25) is 14.5 Å². The van der Waals surface area contributed by atoms with Gasteiger partial charge in [0.2, 0.25) is 5.91 Å². The molecule has 1 N–H and O–H groups in total. The highest BCUT2D eigenvalue weighted by molar-refractivity contribution is 5.94. The van der Waals surface area contributed by atoms with Crippen molar-refractivity contribution < 1.29 is 23.5 Å². The van der Waals surface area contributed by atoms with Crippen LogP contribution in [0.1, 0.15) is 43.7 Å². The number of hydrogen-bond acceptors (Lipinski definition) is 5. The maximum Gasteiger partial charge on any atom is 0.410 e. The van der Waals surface area contributed by atoms with Crippen molar-refractivity contribution in [3.05, 3.63) is 24.2 Å². The van der Waals surface area contributed by atoms with Gasteiger partial charge in [-0.05, 0) is 30.9 Å². The van der Waals surface area contributed by atoms with Crippen molar-refractivity contribution >= 4 is 17.9 Å². The van der Waals surface area contributed by atoms with Crippen LogP contribution in [0, 0.1) is 5.92 Å². The van der Waals surface area contributed by atoms with Crippen LogP contribution >= 0.6 is 0 Å². The summed E-state index contributed by atoms with van der Waals surface area (Å²) in [5.74, 6) is 0.0355. The molecule has 1 aromatic rings. The van der Waals surface area contributed by atoms with Crippen LogP contribution in [0.25, 0.3) is 0 Å². The lowest BCUT2D eigenvalue weighted by atomic mass is 9.95. The van der Waals surface area contributed by atoms with Gasteiger partial charge < -0.3 is 19.4 Å². The Morgan fingerprint density at radius 2 is 2.07 bits per heavy atom. The SMILES string of the molecule is CC[C@H](C)[C@H]1COC(=O)N1C1CCN(C(=O)CNC(=O)c2ccco2)CC1.